The van der Waals surface area contributed by atoms with Crippen molar-refractivity contribution in [1.29, 1.82) is 0 Å². The van der Waals surface area contributed by atoms with Crippen LogP contribution in [0.1, 0.15) is 62.6 Å². The van der Waals surface area contributed by atoms with Gasteiger partial charge in [0.05, 0.1) is 6.61 Å². The average molecular weight is 344 g/mol. The molecule has 2 aromatic rings. The lowest BCUT2D eigenvalue weighted by Crippen LogP contribution is -1.95. The zero-order valence-corrected chi connectivity index (χ0v) is 16.0. The maximum atomic E-state index is 5.67. The first kappa shape index (κ1) is 19.7. The van der Waals surface area contributed by atoms with E-state index in [0.29, 0.717) is 6.61 Å². The van der Waals surface area contributed by atoms with Crippen molar-refractivity contribution in [2.24, 2.45) is 0 Å². The quantitative estimate of drug-likeness (QED) is 0.442. The molecule has 134 valence electrons. The van der Waals surface area contributed by atoms with Crippen molar-refractivity contribution in [2.75, 3.05) is 6.61 Å². The normalized spacial score (nSPS) is 9.62. The van der Waals surface area contributed by atoms with E-state index in [1.807, 2.05) is 24.3 Å². The Labute approximate surface area is 158 Å². The summed E-state index contributed by atoms with van der Waals surface area (Å²) in [5.74, 6) is 13.4. The Kier molecular flexibility index (Phi) is 8.96. The number of ether oxygens (including phenoxy) is 1. The predicted molar refractivity (Wildman–Crippen MR) is 110 cm³/mol. The highest BCUT2D eigenvalue weighted by Gasteiger charge is 1.95. The molecular formula is C25H28O. The summed E-state index contributed by atoms with van der Waals surface area (Å²) < 4.78 is 5.67. The predicted octanol–water partition coefficient (Wildman–Crippen LogP) is 6.00. The zero-order chi connectivity index (χ0) is 18.5. The van der Waals surface area contributed by atoms with Crippen molar-refractivity contribution in [3.8, 4) is 29.4 Å². The van der Waals surface area contributed by atoms with Gasteiger partial charge in [0.2, 0.25) is 0 Å². The zero-order valence-electron chi connectivity index (χ0n) is 16.0. The fourth-order valence-electron chi connectivity index (χ4n) is 2.55. The van der Waals surface area contributed by atoms with E-state index >= 15 is 0 Å². The highest BCUT2D eigenvalue weighted by atomic mass is 16.5. The third kappa shape index (κ3) is 7.50. The second-order valence-corrected chi connectivity index (χ2v) is 6.23. The van der Waals surface area contributed by atoms with Crippen molar-refractivity contribution >= 4 is 0 Å². The lowest BCUT2D eigenvalue weighted by molar-refractivity contribution is 0.327. The number of rotatable bonds is 7. The lowest BCUT2D eigenvalue weighted by atomic mass is 10.1. The van der Waals surface area contributed by atoms with Crippen molar-refractivity contribution < 1.29 is 4.74 Å². The van der Waals surface area contributed by atoms with E-state index < -0.39 is 0 Å². The van der Waals surface area contributed by atoms with Gasteiger partial charge in [-0.05, 0) is 54.8 Å². The van der Waals surface area contributed by atoms with Crippen LogP contribution in [0.15, 0.2) is 48.5 Å². The molecule has 0 radical (unpaired) electrons. The summed E-state index contributed by atoms with van der Waals surface area (Å²) >= 11 is 0. The third-order valence-corrected chi connectivity index (χ3v) is 4.03. The summed E-state index contributed by atoms with van der Waals surface area (Å²) in [6.45, 7) is 4.91. The van der Waals surface area contributed by atoms with Crippen molar-refractivity contribution in [2.45, 2.75) is 52.4 Å². The smallest absolute Gasteiger partial charge is 0.119 e. The fraction of sp³-hybridized carbons (Fsp3) is 0.360. The molecule has 1 heteroatoms. The molecular weight excluding hydrogens is 316 g/mol. The molecule has 2 rings (SSSR count). The minimum Gasteiger partial charge on any atom is -0.493 e. The number of hydrogen-bond donors (Lipinski definition) is 0. The van der Waals surface area contributed by atoms with Gasteiger partial charge in [-0.3, -0.25) is 0 Å². The van der Waals surface area contributed by atoms with E-state index in [1.165, 1.54) is 24.8 Å². The molecule has 0 aliphatic carbocycles. The molecule has 1 nitrogen and oxygen atoms in total. The van der Waals surface area contributed by atoms with Crippen LogP contribution in [0.4, 0.5) is 0 Å². The molecule has 0 bridgehead atoms. The van der Waals surface area contributed by atoms with Gasteiger partial charge in [-0.2, -0.15) is 0 Å². The van der Waals surface area contributed by atoms with E-state index in [4.69, 9.17) is 4.74 Å². The Morgan fingerprint density at radius 3 is 2.04 bits per heavy atom. The molecule has 0 saturated heterocycles. The molecule has 0 unspecified atom stereocenters. The number of aryl methyl sites for hydroxylation is 1. The Balaban J connectivity index is 1.85. The highest BCUT2D eigenvalue weighted by molar-refractivity contribution is 5.44. The standard InChI is InChI=1S/C25H28O/c1-3-5-7-9-21-26-25-19-17-24(18-20-25)16-15-23-13-11-22(12-14-23)10-8-6-4-2/h11-14,17-20H,3-4,6,8-10,21H2,1-2H3. The molecule has 0 aromatic heterocycles. The summed E-state index contributed by atoms with van der Waals surface area (Å²) in [6, 6.07) is 16.5. The summed E-state index contributed by atoms with van der Waals surface area (Å²) in [5.41, 5.74) is 3.45. The van der Waals surface area contributed by atoms with Crippen molar-refractivity contribution in [3.63, 3.8) is 0 Å². The average Bonchev–Trinajstić information content (AvgIpc) is 2.68. The van der Waals surface area contributed by atoms with Gasteiger partial charge >= 0.3 is 0 Å². The maximum absolute atomic E-state index is 5.67. The van der Waals surface area contributed by atoms with E-state index in [9.17, 15) is 0 Å². The molecule has 26 heavy (non-hydrogen) atoms. The van der Waals surface area contributed by atoms with Gasteiger partial charge in [0.25, 0.3) is 0 Å². The van der Waals surface area contributed by atoms with Crippen LogP contribution in [0.2, 0.25) is 0 Å². The van der Waals surface area contributed by atoms with E-state index in [2.05, 4.69) is 61.8 Å². The van der Waals surface area contributed by atoms with E-state index in [-0.39, 0.29) is 0 Å². The summed E-state index contributed by atoms with van der Waals surface area (Å²) in [5, 5.41) is 0. The van der Waals surface area contributed by atoms with Gasteiger partial charge in [-0.1, -0.05) is 56.6 Å². The third-order valence-electron chi connectivity index (χ3n) is 4.03. The van der Waals surface area contributed by atoms with Crippen molar-refractivity contribution in [1.82, 2.24) is 0 Å². The first-order valence-corrected chi connectivity index (χ1v) is 9.61. The van der Waals surface area contributed by atoms with E-state index in [1.54, 1.807) is 0 Å². The second-order valence-electron chi connectivity index (χ2n) is 6.23. The highest BCUT2D eigenvalue weighted by Crippen LogP contribution is 2.12. The molecule has 0 fully saturated rings. The molecule has 0 N–H and O–H groups in total. The van der Waals surface area contributed by atoms with Gasteiger partial charge in [0.15, 0.2) is 0 Å². The van der Waals surface area contributed by atoms with Crippen LogP contribution in [-0.2, 0) is 6.42 Å². The van der Waals surface area contributed by atoms with Crippen LogP contribution >= 0.6 is 0 Å². The molecule has 0 aliphatic heterocycles. The largest absolute Gasteiger partial charge is 0.493 e. The van der Waals surface area contributed by atoms with Crippen LogP contribution in [0.5, 0.6) is 5.75 Å². The summed E-state index contributed by atoms with van der Waals surface area (Å²) in [4.78, 5) is 0. The minimum atomic E-state index is 0.628. The lowest BCUT2D eigenvalue weighted by Gasteiger charge is -2.03. The second kappa shape index (κ2) is 11.8. The molecule has 0 spiro atoms. The summed E-state index contributed by atoms with van der Waals surface area (Å²) in [6.07, 6.45) is 6.65. The van der Waals surface area contributed by atoms with Crippen LogP contribution in [-0.4, -0.2) is 6.61 Å². The number of hydrogen-bond acceptors (Lipinski definition) is 1. The molecule has 0 atom stereocenters. The monoisotopic (exact) mass is 344 g/mol. The first-order valence-electron chi connectivity index (χ1n) is 9.61. The minimum absolute atomic E-state index is 0.628. The first-order chi connectivity index (χ1) is 12.8. The Morgan fingerprint density at radius 1 is 0.769 bits per heavy atom. The Morgan fingerprint density at radius 2 is 1.42 bits per heavy atom. The fourth-order valence-corrected chi connectivity index (χ4v) is 2.55. The van der Waals surface area contributed by atoms with Gasteiger partial charge in [-0.15, -0.1) is 5.92 Å². The summed E-state index contributed by atoms with van der Waals surface area (Å²) in [7, 11) is 0. The van der Waals surface area contributed by atoms with Crippen LogP contribution in [0.25, 0.3) is 0 Å². The Bertz CT molecular complexity index is 761. The molecule has 0 heterocycles. The maximum Gasteiger partial charge on any atom is 0.119 e. The van der Waals surface area contributed by atoms with Crippen molar-refractivity contribution in [3.05, 3.63) is 65.2 Å². The Hall–Kier alpha value is -2.64. The van der Waals surface area contributed by atoms with Gasteiger partial charge < -0.3 is 4.74 Å². The molecule has 0 saturated carbocycles. The van der Waals surface area contributed by atoms with E-state index in [0.717, 1.165) is 36.1 Å². The molecule has 0 aliphatic rings. The SMILES string of the molecule is CCC#CCCOc1ccc(C#Cc2ccc(CCCCC)cc2)cc1. The van der Waals surface area contributed by atoms with Crippen LogP contribution in [0, 0.1) is 23.7 Å². The van der Waals surface area contributed by atoms with Crippen LogP contribution in [0.3, 0.4) is 0 Å². The van der Waals surface area contributed by atoms with Gasteiger partial charge in [-0.25, -0.2) is 0 Å². The molecule has 2 aromatic carbocycles. The number of benzene rings is 2. The van der Waals surface area contributed by atoms with Gasteiger partial charge in [0, 0.05) is 24.0 Å². The van der Waals surface area contributed by atoms with Crippen LogP contribution < -0.4 is 4.74 Å². The topological polar surface area (TPSA) is 9.23 Å². The molecule has 0 amide bonds. The van der Waals surface area contributed by atoms with Gasteiger partial charge in [0.1, 0.15) is 5.75 Å². The number of unbranched alkanes of at least 4 members (excludes halogenated alkanes) is 2.